The number of halogens is 3. The lowest BCUT2D eigenvalue weighted by atomic mass is 10.2. The zero-order valence-corrected chi connectivity index (χ0v) is 9.87. The fourth-order valence-electron chi connectivity index (χ4n) is 1.82. The Kier molecular flexibility index (Phi) is 2.73. The number of alkyl halides is 2. The fraction of sp³-hybridized carbons (Fsp3) is 0.308. The van der Waals surface area contributed by atoms with Crippen molar-refractivity contribution in [2.75, 3.05) is 6.61 Å². The molecule has 2 aromatic heterocycles. The van der Waals surface area contributed by atoms with Crippen molar-refractivity contribution < 1.29 is 17.9 Å². The van der Waals surface area contributed by atoms with Crippen molar-refractivity contribution in [2.45, 2.75) is 12.3 Å². The van der Waals surface area contributed by atoms with E-state index < -0.39 is 17.7 Å². The molecule has 6 heteroatoms. The molecule has 1 N–H and O–H groups in total. The van der Waals surface area contributed by atoms with Crippen LogP contribution in [-0.2, 0) is 0 Å². The molecule has 0 spiro atoms. The summed E-state index contributed by atoms with van der Waals surface area (Å²) >= 11 is 0. The molecule has 0 radical (unpaired) electrons. The summed E-state index contributed by atoms with van der Waals surface area (Å²) < 4.78 is 44.2. The van der Waals surface area contributed by atoms with E-state index in [9.17, 15) is 13.2 Å². The molecule has 0 aliphatic heterocycles. The molecule has 0 bridgehead atoms. The number of hydrogen-bond donors (Lipinski definition) is 1. The third-order valence-electron chi connectivity index (χ3n) is 3.08. The largest absolute Gasteiger partial charge is 0.491 e. The van der Waals surface area contributed by atoms with Crippen LogP contribution in [0.5, 0.6) is 5.75 Å². The van der Waals surface area contributed by atoms with Crippen LogP contribution in [-0.4, -0.2) is 22.5 Å². The van der Waals surface area contributed by atoms with Crippen LogP contribution in [0.1, 0.15) is 6.42 Å². The quantitative estimate of drug-likeness (QED) is 0.924. The molecule has 3 nitrogen and oxygen atoms in total. The average Bonchev–Trinajstić information content (AvgIpc) is 2.80. The van der Waals surface area contributed by atoms with Gasteiger partial charge in [0.1, 0.15) is 11.4 Å². The van der Waals surface area contributed by atoms with Gasteiger partial charge in [0.15, 0.2) is 5.82 Å². The van der Waals surface area contributed by atoms with Gasteiger partial charge >= 0.3 is 0 Å². The molecule has 1 saturated carbocycles. The molecule has 0 aromatic carbocycles. The molecule has 0 amide bonds. The highest BCUT2D eigenvalue weighted by molar-refractivity contribution is 5.55. The van der Waals surface area contributed by atoms with Crippen LogP contribution in [0.25, 0.3) is 11.4 Å². The maximum atomic E-state index is 13.8. The van der Waals surface area contributed by atoms with E-state index in [4.69, 9.17) is 4.74 Å². The Morgan fingerprint density at radius 2 is 2.26 bits per heavy atom. The number of ether oxygens (including phenoxy) is 1. The summed E-state index contributed by atoms with van der Waals surface area (Å²) in [6, 6.07) is 4.58. The Labute approximate surface area is 107 Å². The molecule has 1 atom stereocenters. The number of rotatable bonds is 4. The van der Waals surface area contributed by atoms with Crippen LogP contribution in [0.2, 0.25) is 0 Å². The molecule has 1 fully saturated rings. The standard InChI is InChI=1S/C13H11F3N2O/c14-10-4-9(19-7-8-5-13(8,15)16)6-18-12(10)11-2-1-3-17-11/h1-4,6,8,17H,5,7H2/t8-/m1/s1. The molecule has 100 valence electrons. The first kappa shape index (κ1) is 12.1. The molecule has 0 unspecified atom stereocenters. The van der Waals surface area contributed by atoms with Gasteiger partial charge in [-0.2, -0.15) is 0 Å². The van der Waals surface area contributed by atoms with Crippen molar-refractivity contribution >= 4 is 0 Å². The zero-order valence-electron chi connectivity index (χ0n) is 9.87. The second-order valence-electron chi connectivity index (χ2n) is 4.56. The Balaban J connectivity index is 1.70. The van der Waals surface area contributed by atoms with Gasteiger partial charge in [-0.25, -0.2) is 18.2 Å². The third kappa shape index (κ3) is 2.43. The molecular formula is C13H11F3N2O. The topological polar surface area (TPSA) is 37.9 Å². The second kappa shape index (κ2) is 4.29. The van der Waals surface area contributed by atoms with Gasteiger partial charge in [0, 0.05) is 18.7 Å². The van der Waals surface area contributed by atoms with Gasteiger partial charge < -0.3 is 9.72 Å². The minimum atomic E-state index is -2.63. The average molecular weight is 268 g/mol. The summed E-state index contributed by atoms with van der Waals surface area (Å²) in [7, 11) is 0. The predicted octanol–water partition coefficient (Wildman–Crippen LogP) is 3.25. The minimum absolute atomic E-state index is 0.115. The van der Waals surface area contributed by atoms with Gasteiger partial charge in [-0.3, -0.25) is 0 Å². The lowest BCUT2D eigenvalue weighted by Crippen LogP contribution is -2.06. The molecule has 1 aliphatic rings. The van der Waals surface area contributed by atoms with Gasteiger partial charge in [-0.1, -0.05) is 0 Å². The summed E-state index contributed by atoms with van der Waals surface area (Å²) in [6.45, 7) is -0.115. The number of aromatic amines is 1. The van der Waals surface area contributed by atoms with Gasteiger partial charge in [0.25, 0.3) is 5.92 Å². The van der Waals surface area contributed by atoms with Gasteiger partial charge in [-0.05, 0) is 12.1 Å². The maximum absolute atomic E-state index is 13.8. The van der Waals surface area contributed by atoms with Crippen molar-refractivity contribution in [1.82, 2.24) is 9.97 Å². The Morgan fingerprint density at radius 1 is 1.47 bits per heavy atom. The van der Waals surface area contributed by atoms with Crippen molar-refractivity contribution in [1.29, 1.82) is 0 Å². The van der Waals surface area contributed by atoms with Gasteiger partial charge in [0.05, 0.1) is 24.4 Å². The molecule has 2 heterocycles. The minimum Gasteiger partial charge on any atom is -0.491 e. The normalized spacial score (nSPS) is 20.3. The number of nitrogens with one attached hydrogen (secondary N) is 1. The fourth-order valence-corrected chi connectivity index (χ4v) is 1.82. The first-order valence-electron chi connectivity index (χ1n) is 5.86. The highest BCUT2D eigenvalue weighted by Gasteiger charge is 2.57. The monoisotopic (exact) mass is 268 g/mol. The smallest absolute Gasteiger partial charge is 0.255 e. The number of hydrogen-bond acceptors (Lipinski definition) is 2. The van der Waals surface area contributed by atoms with Crippen LogP contribution < -0.4 is 4.74 Å². The van der Waals surface area contributed by atoms with E-state index in [0.717, 1.165) is 6.07 Å². The van der Waals surface area contributed by atoms with Crippen LogP contribution in [0.3, 0.4) is 0 Å². The zero-order chi connectivity index (χ0) is 13.5. The molecule has 19 heavy (non-hydrogen) atoms. The predicted molar refractivity (Wildman–Crippen MR) is 62.5 cm³/mol. The van der Waals surface area contributed by atoms with E-state index in [1.165, 1.54) is 6.20 Å². The highest BCUT2D eigenvalue weighted by Crippen LogP contribution is 2.48. The summed E-state index contributed by atoms with van der Waals surface area (Å²) in [6.07, 6.45) is 2.83. The molecule has 3 rings (SSSR count). The van der Waals surface area contributed by atoms with Crippen LogP contribution in [0, 0.1) is 11.7 Å². The van der Waals surface area contributed by atoms with E-state index in [0.29, 0.717) is 5.69 Å². The number of H-pyrrole nitrogens is 1. The van der Waals surface area contributed by atoms with E-state index in [1.807, 2.05) is 0 Å². The Bertz CT molecular complexity index is 584. The summed E-state index contributed by atoms with van der Waals surface area (Å²) in [4.78, 5) is 6.78. The number of aromatic nitrogens is 2. The lowest BCUT2D eigenvalue weighted by molar-refractivity contribution is 0.0855. The van der Waals surface area contributed by atoms with Crippen LogP contribution in [0.15, 0.2) is 30.6 Å². The van der Waals surface area contributed by atoms with E-state index in [1.54, 1.807) is 18.3 Å². The Hall–Kier alpha value is -1.98. The first-order valence-corrected chi connectivity index (χ1v) is 5.86. The molecule has 2 aromatic rings. The number of pyridine rings is 1. The second-order valence-corrected chi connectivity index (χ2v) is 4.56. The number of nitrogens with zero attached hydrogens (tertiary/aromatic N) is 1. The van der Waals surface area contributed by atoms with E-state index in [-0.39, 0.29) is 24.5 Å². The summed E-state index contributed by atoms with van der Waals surface area (Å²) in [5.74, 6) is -3.78. The van der Waals surface area contributed by atoms with Crippen molar-refractivity contribution in [3.63, 3.8) is 0 Å². The van der Waals surface area contributed by atoms with E-state index in [2.05, 4.69) is 9.97 Å². The van der Waals surface area contributed by atoms with Crippen LogP contribution >= 0.6 is 0 Å². The highest BCUT2D eigenvalue weighted by atomic mass is 19.3. The summed E-state index contributed by atoms with van der Waals surface area (Å²) in [5, 5.41) is 0. The van der Waals surface area contributed by atoms with Crippen molar-refractivity contribution in [2.24, 2.45) is 5.92 Å². The third-order valence-corrected chi connectivity index (χ3v) is 3.08. The van der Waals surface area contributed by atoms with Crippen molar-refractivity contribution in [3.05, 3.63) is 36.4 Å². The summed E-state index contributed by atoms with van der Waals surface area (Å²) in [5.41, 5.74) is 0.729. The van der Waals surface area contributed by atoms with E-state index >= 15 is 0 Å². The van der Waals surface area contributed by atoms with Gasteiger partial charge in [-0.15, -0.1) is 0 Å². The molecule has 0 saturated heterocycles. The van der Waals surface area contributed by atoms with Crippen LogP contribution in [0.4, 0.5) is 13.2 Å². The Morgan fingerprint density at radius 3 is 2.84 bits per heavy atom. The van der Waals surface area contributed by atoms with Gasteiger partial charge in [0.2, 0.25) is 0 Å². The van der Waals surface area contributed by atoms with Crippen molar-refractivity contribution in [3.8, 4) is 17.1 Å². The maximum Gasteiger partial charge on any atom is 0.255 e. The first-order chi connectivity index (χ1) is 9.06. The SMILES string of the molecule is Fc1cc(OC[C@H]2CC2(F)F)cnc1-c1ccc[nH]1. The molecule has 1 aliphatic carbocycles. The lowest BCUT2D eigenvalue weighted by Gasteiger charge is -2.06. The molecular weight excluding hydrogens is 257 g/mol.